The minimum atomic E-state index is -0.397. The first-order valence-electron chi connectivity index (χ1n) is 16.3. The molecule has 0 saturated heterocycles. The third-order valence-corrected chi connectivity index (χ3v) is 11.2. The van der Waals surface area contributed by atoms with Crippen LogP contribution in [0, 0.1) is 0 Å². The van der Waals surface area contributed by atoms with Gasteiger partial charge >= 0.3 is 0 Å². The molecule has 0 saturated carbocycles. The number of rotatable bonds is 1. The molecule has 0 nitrogen and oxygen atoms in total. The Bertz CT molecular complexity index is 2610. The lowest BCUT2D eigenvalue weighted by Gasteiger charge is -2.42. The number of fused-ring (bicyclic) bond motifs is 15. The minimum absolute atomic E-state index is 0.248. The second kappa shape index (κ2) is 8.74. The average Bonchev–Trinajstić information content (AvgIpc) is 3.62. The van der Waals surface area contributed by atoms with Crippen molar-refractivity contribution in [2.45, 2.75) is 5.41 Å². The summed E-state index contributed by atoms with van der Waals surface area (Å²) in [6, 6.07) is 62.0. The molecular formula is C45H27B. The van der Waals surface area contributed by atoms with E-state index in [1.54, 1.807) is 0 Å². The Hall–Kier alpha value is -5.66. The Kier molecular flexibility index (Phi) is 4.68. The SMILES string of the molecule is c1ccc2c(c1)B1c3ccccc3C3(c4ccccc4-c4ccc(-c5ccc6ccc7ccccc7c6c5)cc43)c3cccc-2c31. The maximum Gasteiger partial charge on any atom is 0.243 e. The maximum atomic E-state index is 2.51. The van der Waals surface area contributed by atoms with E-state index in [0.717, 1.165) is 0 Å². The van der Waals surface area contributed by atoms with E-state index in [2.05, 4.69) is 164 Å². The van der Waals surface area contributed by atoms with E-state index in [0.29, 0.717) is 0 Å². The van der Waals surface area contributed by atoms with E-state index in [1.807, 2.05) is 0 Å². The van der Waals surface area contributed by atoms with E-state index in [4.69, 9.17) is 0 Å². The van der Waals surface area contributed by atoms with Crippen molar-refractivity contribution in [1.29, 1.82) is 0 Å². The molecule has 46 heavy (non-hydrogen) atoms. The van der Waals surface area contributed by atoms with Crippen LogP contribution in [-0.2, 0) is 5.41 Å². The highest BCUT2D eigenvalue weighted by atomic mass is 14.5. The summed E-state index contributed by atoms with van der Waals surface area (Å²) in [7, 11) is 0. The van der Waals surface area contributed by atoms with Crippen LogP contribution in [0.5, 0.6) is 0 Å². The molecule has 1 aliphatic carbocycles. The van der Waals surface area contributed by atoms with Crippen LogP contribution in [0.2, 0.25) is 0 Å². The van der Waals surface area contributed by atoms with Gasteiger partial charge in [0.25, 0.3) is 0 Å². The van der Waals surface area contributed by atoms with Crippen LogP contribution < -0.4 is 16.4 Å². The van der Waals surface area contributed by atoms with Crippen molar-refractivity contribution in [2.75, 3.05) is 0 Å². The summed E-state index contributed by atoms with van der Waals surface area (Å²) in [6.45, 7) is 0.248. The van der Waals surface area contributed by atoms with Crippen LogP contribution in [0.1, 0.15) is 22.3 Å². The average molecular weight is 579 g/mol. The second-order valence-corrected chi connectivity index (χ2v) is 13.2. The summed E-state index contributed by atoms with van der Waals surface area (Å²) in [4.78, 5) is 0. The summed E-state index contributed by atoms with van der Waals surface area (Å²) in [5.41, 5.74) is 17.5. The van der Waals surface area contributed by atoms with Crippen LogP contribution in [0.25, 0.3) is 54.9 Å². The van der Waals surface area contributed by atoms with Crippen molar-refractivity contribution in [3.8, 4) is 33.4 Å². The number of benzene rings is 8. The monoisotopic (exact) mass is 578 g/mol. The molecule has 0 fully saturated rings. The van der Waals surface area contributed by atoms with Gasteiger partial charge in [-0.1, -0.05) is 168 Å². The normalized spacial score (nSPS) is 16.3. The van der Waals surface area contributed by atoms with Crippen molar-refractivity contribution in [3.05, 3.63) is 186 Å². The quantitative estimate of drug-likeness (QED) is 0.135. The molecule has 8 aromatic carbocycles. The third kappa shape index (κ3) is 2.92. The Morgan fingerprint density at radius 3 is 1.87 bits per heavy atom. The standard InChI is InChI=1S/C45H27B/c1-2-11-32-28(10-1)20-21-29-22-23-30(26-37(29)32)31-24-25-34-33-12-3-5-15-38(33)45(41(34)27-31)39-16-6-8-19-43(39)46-42-18-7-4-13-35(42)36-14-9-17-40(45)44(36)46/h1-27H. The van der Waals surface area contributed by atoms with Crippen LogP contribution in [0.15, 0.2) is 164 Å². The van der Waals surface area contributed by atoms with Gasteiger partial charge in [-0.3, -0.25) is 0 Å². The number of hydrogen-bond donors (Lipinski definition) is 0. The van der Waals surface area contributed by atoms with Crippen molar-refractivity contribution >= 4 is 44.6 Å². The van der Waals surface area contributed by atoms with Gasteiger partial charge in [0.1, 0.15) is 0 Å². The lowest BCUT2D eigenvalue weighted by molar-refractivity contribution is 0.776. The third-order valence-electron chi connectivity index (χ3n) is 11.2. The van der Waals surface area contributed by atoms with E-state index >= 15 is 0 Å². The van der Waals surface area contributed by atoms with Gasteiger partial charge < -0.3 is 0 Å². The van der Waals surface area contributed by atoms with E-state index in [-0.39, 0.29) is 6.71 Å². The van der Waals surface area contributed by atoms with Gasteiger partial charge in [-0.25, -0.2) is 0 Å². The lowest BCUT2D eigenvalue weighted by atomic mass is 9.32. The van der Waals surface area contributed by atoms with Gasteiger partial charge in [0.2, 0.25) is 6.71 Å². The molecule has 210 valence electrons. The Labute approximate surface area is 268 Å². The zero-order valence-corrected chi connectivity index (χ0v) is 25.2. The Morgan fingerprint density at radius 1 is 0.348 bits per heavy atom. The van der Waals surface area contributed by atoms with Crippen molar-refractivity contribution in [2.24, 2.45) is 0 Å². The molecular weight excluding hydrogens is 551 g/mol. The molecule has 1 atom stereocenters. The van der Waals surface area contributed by atoms with Crippen molar-refractivity contribution < 1.29 is 0 Å². The second-order valence-electron chi connectivity index (χ2n) is 13.2. The number of hydrogen-bond acceptors (Lipinski definition) is 0. The highest BCUT2D eigenvalue weighted by Crippen LogP contribution is 2.57. The fourth-order valence-corrected chi connectivity index (χ4v) is 9.37. The molecule has 1 heteroatoms. The van der Waals surface area contributed by atoms with Gasteiger partial charge in [-0.15, -0.1) is 0 Å². The zero-order valence-electron chi connectivity index (χ0n) is 25.2. The fraction of sp³-hybridized carbons (Fsp3) is 0.0222. The summed E-state index contributed by atoms with van der Waals surface area (Å²) in [5.74, 6) is 0. The summed E-state index contributed by atoms with van der Waals surface area (Å²) < 4.78 is 0. The molecule has 0 N–H and O–H groups in total. The van der Waals surface area contributed by atoms with Gasteiger partial charge in [-0.2, -0.15) is 0 Å². The van der Waals surface area contributed by atoms with Crippen LogP contribution in [0.3, 0.4) is 0 Å². The van der Waals surface area contributed by atoms with Gasteiger partial charge in [0.15, 0.2) is 0 Å². The van der Waals surface area contributed by atoms with Crippen molar-refractivity contribution in [1.82, 2.24) is 0 Å². The van der Waals surface area contributed by atoms with Crippen LogP contribution in [-0.4, -0.2) is 6.71 Å². The Morgan fingerprint density at radius 2 is 0.957 bits per heavy atom. The molecule has 0 bridgehead atoms. The highest BCUT2D eigenvalue weighted by molar-refractivity contribution is 7.00. The smallest absolute Gasteiger partial charge is 0.0666 e. The van der Waals surface area contributed by atoms with Crippen molar-refractivity contribution in [3.63, 3.8) is 0 Å². The largest absolute Gasteiger partial charge is 0.243 e. The molecule has 0 amide bonds. The van der Waals surface area contributed by atoms with Gasteiger partial charge in [-0.05, 0) is 89.3 Å². The maximum absolute atomic E-state index is 2.51. The van der Waals surface area contributed by atoms with Gasteiger partial charge in [0, 0.05) is 0 Å². The Balaban J connectivity index is 1.24. The first-order valence-corrected chi connectivity index (χ1v) is 16.3. The van der Waals surface area contributed by atoms with E-state index < -0.39 is 5.41 Å². The predicted octanol–water partition coefficient (Wildman–Crippen LogP) is 8.83. The molecule has 3 aliphatic rings. The first-order chi connectivity index (χ1) is 22.8. The topological polar surface area (TPSA) is 0 Å². The molecule has 2 heterocycles. The molecule has 1 spiro atoms. The predicted molar refractivity (Wildman–Crippen MR) is 194 cm³/mol. The van der Waals surface area contributed by atoms with Crippen LogP contribution >= 0.6 is 0 Å². The van der Waals surface area contributed by atoms with Gasteiger partial charge in [0.05, 0.1) is 5.41 Å². The fourth-order valence-electron chi connectivity index (χ4n) is 9.37. The molecule has 2 aliphatic heterocycles. The summed E-state index contributed by atoms with van der Waals surface area (Å²) in [5, 5.41) is 5.17. The molecule has 0 aromatic heterocycles. The first kappa shape index (κ1) is 24.6. The summed E-state index contributed by atoms with van der Waals surface area (Å²) in [6.07, 6.45) is 0. The zero-order chi connectivity index (χ0) is 30.0. The molecule has 1 unspecified atom stereocenters. The van der Waals surface area contributed by atoms with Crippen LogP contribution in [0.4, 0.5) is 0 Å². The summed E-state index contributed by atoms with van der Waals surface area (Å²) >= 11 is 0. The lowest BCUT2D eigenvalue weighted by Crippen LogP contribution is -2.59. The van der Waals surface area contributed by atoms with E-state index in [9.17, 15) is 0 Å². The molecule has 11 rings (SSSR count). The minimum Gasteiger partial charge on any atom is -0.0666 e. The molecule has 8 aromatic rings. The highest BCUT2D eigenvalue weighted by Gasteiger charge is 2.54. The molecule has 0 radical (unpaired) electrons. The van der Waals surface area contributed by atoms with E-state index in [1.165, 1.54) is 93.6 Å².